The number of aryl methyl sites for hydroxylation is 1. The van der Waals surface area contributed by atoms with Gasteiger partial charge in [0.15, 0.2) is 0 Å². The molecule has 1 atom stereocenters. The molecule has 2 rings (SSSR count). The van der Waals surface area contributed by atoms with Gasteiger partial charge in [-0.2, -0.15) is 0 Å². The minimum Gasteiger partial charge on any atom is -0.477 e. The minimum absolute atomic E-state index is 0.0823. The van der Waals surface area contributed by atoms with Crippen LogP contribution in [0.5, 0.6) is 0 Å². The lowest BCUT2D eigenvalue weighted by Crippen LogP contribution is -2.32. The van der Waals surface area contributed by atoms with Gasteiger partial charge in [0.05, 0.1) is 11.7 Å². The van der Waals surface area contributed by atoms with Crippen LogP contribution in [0.2, 0.25) is 0 Å². The zero-order valence-electron chi connectivity index (χ0n) is 14.3. The molecule has 0 bridgehead atoms. The van der Waals surface area contributed by atoms with Gasteiger partial charge in [0.1, 0.15) is 9.88 Å². The highest BCUT2D eigenvalue weighted by Crippen LogP contribution is 2.28. The Balaban J connectivity index is 2.04. The molecule has 1 amide bonds. The van der Waals surface area contributed by atoms with E-state index in [2.05, 4.69) is 10.3 Å². The van der Waals surface area contributed by atoms with Gasteiger partial charge in [-0.3, -0.25) is 4.79 Å². The summed E-state index contributed by atoms with van der Waals surface area (Å²) >= 11 is 1.11. The van der Waals surface area contributed by atoms with Crippen LogP contribution in [0.4, 0.5) is 0 Å². The average Bonchev–Trinajstić information content (AvgIpc) is 2.90. The summed E-state index contributed by atoms with van der Waals surface area (Å²) in [5.41, 5.74) is 1.30. The van der Waals surface area contributed by atoms with Crippen molar-refractivity contribution in [1.29, 1.82) is 0 Å². The molecule has 0 aliphatic rings. The van der Waals surface area contributed by atoms with Crippen molar-refractivity contribution in [3.63, 3.8) is 0 Å². The Kier molecular flexibility index (Phi) is 5.39. The second kappa shape index (κ2) is 7.13. The number of carbonyl (C=O) groups excluding carboxylic acids is 1. The number of benzene rings is 1. The predicted octanol–water partition coefficient (Wildman–Crippen LogP) is 3.69. The maximum Gasteiger partial charge on any atom is 0.347 e. The van der Waals surface area contributed by atoms with Crippen LogP contribution in [0.3, 0.4) is 0 Å². The third-order valence-corrected chi connectivity index (χ3v) is 5.24. The normalized spacial score (nSPS) is 12.7. The Bertz CT molecular complexity index is 738. The van der Waals surface area contributed by atoms with Crippen LogP contribution in [-0.4, -0.2) is 22.0 Å². The van der Waals surface area contributed by atoms with E-state index in [4.69, 9.17) is 5.11 Å². The molecular formula is C18H22N2O3S. The standard InChI is InChI=1S/C18H22N2O3S/c1-11-15(17(22)23)24-16(20-11)12(2)19-14(21)10-18(3,4)13-8-6-5-7-9-13/h5-9,12H,10H2,1-4H3,(H,19,21)(H,22,23). The third kappa shape index (κ3) is 4.20. The Morgan fingerprint density at radius 3 is 2.46 bits per heavy atom. The second-order valence-corrected chi connectivity index (χ2v) is 7.52. The number of hydrogen-bond acceptors (Lipinski definition) is 4. The molecule has 0 aliphatic carbocycles. The zero-order chi connectivity index (χ0) is 17.9. The van der Waals surface area contributed by atoms with Crippen molar-refractivity contribution in [3.05, 3.63) is 51.5 Å². The van der Waals surface area contributed by atoms with Crippen molar-refractivity contribution >= 4 is 23.2 Å². The zero-order valence-corrected chi connectivity index (χ0v) is 15.1. The molecule has 1 unspecified atom stereocenters. The van der Waals surface area contributed by atoms with Gasteiger partial charge >= 0.3 is 5.97 Å². The predicted molar refractivity (Wildman–Crippen MR) is 94.5 cm³/mol. The van der Waals surface area contributed by atoms with Gasteiger partial charge in [-0.1, -0.05) is 44.2 Å². The van der Waals surface area contributed by atoms with E-state index in [0.717, 1.165) is 16.9 Å². The van der Waals surface area contributed by atoms with E-state index in [0.29, 0.717) is 17.1 Å². The molecule has 0 spiro atoms. The summed E-state index contributed by atoms with van der Waals surface area (Å²) in [6.07, 6.45) is 0.345. The molecule has 0 radical (unpaired) electrons. The van der Waals surface area contributed by atoms with E-state index < -0.39 is 5.97 Å². The lowest BCUT2D eigenvalue weighted by molar-refractivity contribution is -0.122. The van der Waals surface area contributed by atoms with Crippen LogP contribution in [0.1, 0.15) is 59.2 Å². The SMILES string of the molecule is Cc1nc(C(C)NC(=O)CC(C)(C)c2ccccc2)sc1C(=O)O. The Morgan fingerprint density at radius 2 is 1.92 bits per heavy atom. The molecule has 6 heteroatoms. The number of carboxylic acids is 1. The summed E-state index contributed by atoms with van der Waals surface area (Å²) in [5.74, 6) is -1.07. The van der Waals surface area contributed by atoms with Crippen molar-refractivity contribution in [2.45, 2.75) is 45.6 Å². The molecule has 1 heterocycles. The summed E-state index contributed by atoms with van der Waals surface area (Å²) in [7, 11) is 0. The van der Waals surface area contributed by atoms with E-state index in [1.165, 1.54) is 0 Å². The van der Waals surface area contributed by atoms with Gasteiger partial charge in [-0.25, -0.2) is 9.78 Å². The first-order valence-corrected chi connectivity index (χ1v) is 8.58. The number of nitrogens with zero attached hydrogens (tertiary/aromatic N) is 1. The van der Waals surface area contributed by atoms with Gasteiger partial charge < -0.3 is 10.4 Å². The molecule has 1 aromatic carbocycles. The van der Waals surface area contributed by atoms with Gasteiger partial charge in [0.2, 0.25) is 5.91 Å². The van der Waals surface area contributed by atoms with Crippen molar-refractivity contribution in [1.82, 2.24) is 10.3 Å². The van der Waals surface area contributed by atoms with Crippen molar-refractivity contribution in [2.75, 3.05) is 0 Å². The first-order chi connectivity index (χ1) is 11.2. The smallest absolute Gasteiger partial charge is 0.347 e. The molecule has 0 aliphatic heterocycles. The topological polar surface area (TPSA) is 79.3 Å². The maximum atomic E-state index is 12.4. The Morgan fingerprint density at radius 1 is 1.29 bits per heavy atom. The maximum absolute atomic E-state index is 12.4. The van der Waals surface area contributed by atoms with Crippen molar-refractivity contribution < 1.29 is 14.7 Å². The number of amides is 1. The molecular weight excluding hydrogens is 324 g/mol. The van der Waals surface area contributed by atoms with E-state index in [-0.39, 0.29) is 22.2 Å². The molecule has 0 saturated carbocycles. The Hall–Kier alpha value is -2.21. The van der Waals surface area contributed by atoms with Crippen molar-refractivity contribution in [3.8, 4) is 0 Å². The summed E-state index contributed by atoms with van der Waals surface area (Å²) in [6, 6.07) is 9.58. The first-order valence-electron chi connectivity index (χ1n) is 7.76. The molecule has 2 N–H and O–H groups in total. The lowest BCUT2D eigenvalue weighted by atomic mass is 9.81. The highest BCUT2D eigenvalue weighted by Gasteiger charge is 2.26. The monoisotopic (exact) mass is 346 g/mol. The van der Waals surface area contributed by atoms with Gasteiger partial charge in [0.25, 0.3) is 0 Å². The van der Waals surface area contributed by atoms with Crippen LogP contribution in [0.25, 0.3) is 0 Å². The number of nitrogens with one attached hydrogen (secondary N) is 1. The third-order valence-electron chi connectivity index (χ3n) is 3.91. The van der Waals surface area contributed by atoms with E-state index >= 15 is 0 Å². The van der Waals surface area contributed by atoms with Crippen LogP contribution < -0.4 is 5.32 Å². The van der Waals surface area contributed by atoms with Crippen LogP contribution in [0.15, 0.2) is 30.3 Å². The largest absolute Gasteiger partial charge is 0.477 e. The first kappa shape index (κ1) is 18.1. The molecule has 0 saturated heterocycles. The summed E-state index contributed by atoms with van der Waals surface area (Å²) in [4.78, 5) is 28.0. The van der Waals surface area contributed by atoms with E-state index in [1.807, 2.05) is 51.1 Å². The van der Waals surface area contributed by atoms with Crippen LogP contribution in [-0.2, 0) is 10.2 Å². The van der Waals surface area contributed by atoms with E-state index in [9.17, 15) is 9.59 Å². The minimum atomic E-state index is -0.986. The fourth-order valence-corrected chi connectivity index (χ4v) is 3.46. The summed E-state index contributed by atoms with van der Waals surface area (Å²) in [6.45, 7) is 7.54. The van der Waals surface area contributed by atoms with Crippen LogP contribution in [0, 0.1) is 6.92 Å². The number of carbonyl (C=O) groups is 2. The number of aromatic carboxylic acids is 1. The van der Waals surface area contributed by atoms with Gasteiger partial charge in [-0.05, 0) is 24.8 Å². The van der Waals surface area contributed by atoms with Gasteiger partial charge in [-0.15, -0.1) is 11.3 Å². The highest BCUT2D eigenvalue weighted by atomic mass is 32.1. The fraction of sp³-hybridized carbons (Fsp3) is 0.389. The molecule has 5 nitrogen and oxygen atoms in total. The highest BCUT2D eigenvalue weighted by molar-refractivity contribution is 7.13. The van der Waals surface area contributed by atoms with E-state index in [1.54, 1.807) is 6.92 Å². The number of rotatable bonds is 6. The number of aromatic nitrogens is 1. The molecule has 128 valence electrons. The molecule has 24 heavy (non-hydrogen) atoms. The summed E-state index contributed by atoms with van der Waals surface area (Å²) < 4.78 is 0. The lowest BCUT2D eigenvalue weighted by Gasteiger charge is -2.25. The second-order valence-electron chi connectivity index (χ2n) is 6.49. The number of hydrogen-bond donors (Lipinski definition) is 2. The number of carboxylic acid groups (broad SMARTS) is 1. The molecule has 0 fully saturated rings. The molecule has 2 aromatic rings. The molecule has 1 aromatic heterocycles. The quantitative estimate of drug-likeness (QED) is 0.836. The van der Waals surface area contributed by atoms with Crippen molar-refractivity contribution in [2.24, 2.45) is 0 Å². The fourth-order valence-electron chi connectivity index (χ4n) is 2.55. The number of thiazole rings is 1. The Labute approximate surface area is 145 Å². The van der Waals surface area contributed by atoms with Crippen LogP contribution >= 0.6 is 11.3 Å². The van der Waals surface area contributed by atoms with Gasteiger partial charge in [0, 0.05) is 6.42 Å². The average molecular weight is 346 g/mol. The summed E-state index contributed by atoms with van der Waals surface area (Å²) in [5, 5.41) is 12.6.